The third-order valence-electron chi connectivity index (χ3n) is 11.5. The van der Waals surface area contributed by atoms with Crippen molar-refractivity contribution in [3.05, 3.63) is 24.3 Å². The van der Waals surface area contributed by atoms with Gasteiger partial charge in [-0.15, -0.1) is 0 Å². The first-order chi connectivity index (χ1) is 29.0. The standard InChI is InChI=1S/C53H98O6/c1-4-7-10-13-16-19-22-24-25-26-27-28-30-31-34-37-40-43-46-52(55)58-49-50(48-57-51(54)45-42-39-36-33-21-18-15-12-9-6-3)59-53(56)47-44-41-38-35-32-29-23-20-17-14-11-8-5-2/h25-28,50H,4-24,29-49H2,1-3H3/b26-25-,28-27-. The molecule has 0 aliphatic rings. The molecule has 0 heterocycles. The van der Waals surface area contributed by atoms with Crippen LogP contribution < -0.4 is 0 Å². The minimum atomic E-state index is -0.770. The van der Waals surface area contributed by atoms with E-state index in [4.69, 9.17) is 14.2 Å². The fraction of sp³-hybridized carbons (Fsp3) is 0.868. The summed E-state index contributed by atoms with van der Waals surface area (Å²) in [5.41, 5.74) is 0. The van der Waals surface area contributed by atoms with Gasteiger partial charge in [-0.1, -0.05) is 238 Å². The average Bonchev–Trinajstić information content (AvgIpc) is 3.23. The summed E-state index contributed by atoms with van der Waals surface area (Å²) in [5, 5.41) is 0. The van der Waals surface area contributed by atoms with Crippen molar-refractivity contribution in [3.8, 4) is 0 Å². The lowest BCUT2D eigenvalue weighted by molar-refractivity contribution is -0.167. The van der Waals surface area contributed by atoms with Crippen LogP contribution in [0.5, 0.6) is 0 Å². The Morgan fingerprint density at radius 1 is 0.339 bits per heavy atom. The van der Waals surface area contributed by atoms with E-state index in [2.05, 4.69) is 45.1 Å². The average molecular weight is 831 g/mol. The van der Waals surface area contributed by atoms with Gasteiger partial charge in [-0.05, 0) is 44.9 Å². The van der Waals surface area contributed by atoms with Gasteiger partial charge in [0, 0.05) is 19.3 Å². The summed E-state index contributed by atoms with van der Waals surface area (Å²) in [4.78, 5) is 37.9. The van der Waals surface area contributed by atoms with Gasteiger partial charge in [0.15, 0.2) is 6.10 Å². The van der Waals surface area contributed by atoms with Crippen LogP contribution in [-0.4, -0.2) is 37.2 Å². The van der Waals surface area contributed by atoms with Gasteiger partial charge in [0.1, 0.15) is 13.2 Å². The van der Waals surface area contributed by atoms with Gasteiger partial charge in [-0.3, -0.25) is 14.4 Å². The monoisotopic (exact) mass is 831 g/mol. The molecule has 0 rings (SSSR count). The topological polar surface area (TPSA) is 78.9 Å². The lowest BCUT2D eigenvalue weighted by atomic mass is 10.0. The van der Waals surface area contributed by atoms with Crippen molar-refractivity contribution >= 4 is 17.9 Å². The van der Waals surface area contributed by atoms with Gasteiger partial charge < -0.3 is 14.2 Å². The van der Waals surface area contributed by atoms with E-state index < -0.39 is 6.10 Å². The van der Waals surface area contributed by atoms with E-state index in [-0.39, 0.29) is 31.1 Å². The highest BCUT2D eigenvalue weighted by Gasteiger charge is 2.19. The van der Waals surface area contributed by atoms with Crippen LogP contribution in [0.2, 0.25) is 0 Å². The summed E-state index contributed by atoms with van der Waals surface area (Å²) in [7, 11) is 0. The van der Waals surface area contributed by atoms with Crippen molar-refractivity contribution in [1.29, 1.82) is 0 Å². The number of esters is 3. The van der Waals surface area contributed by atoms with E-state index in [1.54, 1.807) is 0 Å². The first-order valence-electron chi connectivity index (χ1n) is 25.9. The Kier molecular flexibility index (Phi) is 46.8. The van der Waals surface area contributed by atoms with E-state index in [1.165, 1.54) is 161 Å². The Morgan fingerprint density at radius 3 is 0.898 bits per heavy atom. The molecule has 0 aromatic heterocycles. The molecule has 0 bridgehead atoms. The predicted molar refractivity (Wildman–Crippen MR) is 252 cm³/mol. The van der Waals surface area contributed by atoms with Gasteiger partial charge >= 0.3 is 17.9 Å². The fourth-order valence-electron chi connectivity index (χ4n) is 7.55. The van der Waals surface area contributed by atoms with Gasteiger partial charge in [-0.2, -0.15) is 0 Å². The summed E-state index contributed by atoms with van der Waals surface area (Å²) in [6.45, 7) is 6.63. The largest absolute Gasteiger partial charge is 0.462 e. The number of ether oxygens (including phenoxy) is 3. The van der Waals surface area contributed by atoms with Crippen LogP contribution in [0.3, 0.4) is 0 Å². The SMILES string of the molecule is CCCCCCCCC/C=C\C=C/CCCCCCCC(=O)OCC(COC(=O)CCCCCCCCCCCC)OC(=O)CCCCCCCCCCCCCCC. The maximum Gasteiger partial charge on any atom is 0.306 e. The van der Waals surface area contributed by atoms with Crippen LogP contribution in [0.4, 0.5) is 0 Å². The van der Waals surface area contributed by atoms with Crippen LogP contribution in [0.25, 0.3) is 0 Å². The van der Waals surface area contributed by atoms with Gasteiger partial charge in [0.05, 0.1) is 0 Å². The molecule has 0 aromatic carbocycles. The zero-order chi connectivity index (χ0) is 43.0. The van der Waals surface area contributed by atoms with E-state index in [0.717, 1.165) is 77.0 Å². The van der Waals surface area contributed by atoms with Crippen molar-refractivity contribution in [2.24, 2.45) is 0 Å². The molecule has 0 spiro atoms. The molecule has 1 unspecified atom stereocenters. The van der Waals surface area contributed by atoms with Crippen LogP contribution in [0.1, 0.15) is 278 Å². The van der Waals surface area contributed by atoms with Crippen LogP contribution in [0.15, 0.2) is 24.3 Å². The molecule has 0 saturated heterocycles. The third-order valence-corrected chi connectivity index (χ3v) is 11.5. The molecular weight excluding hydrogens is 733 g/mol. The number of carbonyl (C=O) groups excluding carboxylic acids is 3. The minimum absolute atomic E-state index is 0.0718. The third kappa shape index (κ3) is 46.8. The molecule has 0 N–H and O–H groups in total. The van der Waals surface area contributed by atoms with Crippen molar-refractivity contribution in [2.45, 2.75) is 284 Å². The van der Waals surface area contributed by atoms with Crippen molar-refractivity contribution < 1.29 is 28.6 Å². The van der Waals surface area contributed by atoms with E-state index >= 15 is 0 Å². The van der Waals surface area contributed by atoms with E-state index in [1.807, 2.05) is 0 Å². The second kappa shape index (κ2) is 48.6. The molecule has 1 atom stereocenters. The number of hydrogen-bond donors (Lipinski definition) is 0. The van der Waals surface area contributed by atoms with Crippen molar-refractivity contribution in [2.75, 3.05) is 13.2 Å². The quantitative estimate of drug-likeness (QED) is 0.0263. The Hall–Kier alpha value is -2.11. The second-order valence-corrected chi connectivity index (χ2v) is 17.5. The van der Waals surface area contributed by atoms with Crippen molar-refractivity contribution in [1.82, 2.24) is 0 Å². The summed E-state index contributed by atoms with van der Waals surface area (Å²) in [6, 6.07) is 0. The molecular formula is C53H98O6. The smallest absolute Gasteiger partial charge is 0.306 e. The molecule has 0 saturated carbocycles. The zero-order valence-corrected chi connectivity index (χ0v) is 39.5. The van der Waals surface area contributed by atoms with Gasteiger partial charge in [-0.25, -0.2) is 0 Å². The fourth-order valence-corrected chi connectivity index (χ4v) is 7.55. The lowest BCUT2D eigenvalue weighted by Crippen LogP contribution is -2.30. The first-order valence-corrected chi connectivity index (χ1v) is 25.9. The number of carbonyl (C=O) groups is 3. The highest BCUT2D eigenvalue weighted by molar-refractivity contribution is 5.71. The molecule has 0 fully saturated rings. The van der Waals surface area contributed by atoms with Crippen LogP contribution in [-0.2, 0) is 28.6 Å². The Morgan fingerprint density at radius 2 is 0.593 bits per heavy atom. The van der Waals surface area contributed by atoms with Gasteiger partial charge in [0.2, 0.25) is 0 Å². The van der Waals surface area contributed by atoms with Crippen LogP contribution in [0, 0.1) is 0 Å². The molecule has 0 aliphatic heterocycles. The Balaban J connectivity index is 4.32. The van der Waals surface area contributed by atoms with Crippen molar-refractivity contribution in [3.63, 3.8) is 0 Å². The maximum absolute atomic E-state index is 12.8. The maximum atomic E-state index is 12.8. The molecule has 59 heavy (non-hydrogen) atoms. The molecule has 0 aromatic rings. The summed E-state index contributed by atoms with van der Waals surface area (Å²) < 4.78 is 16.8. The summed E-state index contributed by atoms with van der Waals surface area (Å²) in [5.74, 6) is -0.876. The lowest BCUT2D eigenvalue weighted by Gasteiger charge is -2.18. The van der Waals surface area contributed by atoms with E-state index in [0.29, 0.717) is 19.3 Å². The molecule has 346 valence electrons. The highest BCUT2D eigenvalue weighted by Crippen LogP contribution is 2.16. The molecule has 0 radical (unpaired) electrons. The van der Waals surface area contributed by atoms with Crippen LogP contribution >= 0.6 is 0 Å². The summed E-state index contributed by atoms with van der Waals surface area (Å²) >= 11 is 0. The number of hydrogen-bond acceptors (Lipinski definition) is 6. The molecule has 0 amide bonds. The second-order valence-electron chi connectivity index (χ2n) is 17.5. The van der Waals surface area contributed by atoms with Gasteiger partial charge in [0.25, 0.3) is 0 Å². The number of unbranched alkanes of at least 4 members (excludes halogenated alkanes) is 33. The normalized spacial score (nSPS) is 12.1. The Bertz CT molecular complexity index is 958. The molecule has 6 heteroatoms. The van der Waals surface area contributed by atoms with E-state index in [9.17, 15) is 14.4 Å². The number of rotatable bonds is 47. The molecule has 6 nitrogen and oxygen atoms in total. The highest BCUT2D eigenvalue weighted by atomic mass is 16.6. The predicted octanol–water partition coefficient (Wildman–Crippen LogP) is 16.8. The zero-order valence-electron chi connectivity index (χ0n) is 39.5. The minimum Gasteiger partial charge on any atom is -0.462 e. The Labute approximate surface area is 366 Å². The first kappa shape index (κ1) is 56.9. The molecule has 0 aliphatic carbocycles. The number of allylic oxidation sites excluding steroid dienone is 4. The summed E-state index contributed by atoms with van der Waals surface area (Å²) in [6.07, 6.45) is 54.4.